The maximum atomic E-state index is 5.39. The van der Waals surface area contributed by atoms with Crippen molar-refractivity contribution in [1.29, 1.82) is 0 Å². The zero-order chi connectivity index (χ0) is 14.2. The maximum absolute atomic E-state index is 5.39. The molecule has 1 aromatic rings. The van der Waals surface area contributed by atoms with E-state index in [4.69, 9.17) is 4.74 Å². The third-order valence-electron chi connectivity index (χ3n) is 3.96. The number of ether oxygens (including phenoxy) is 1. The van der Waals surface area contributed by atoms with E-state index < -0.39 is 0 Å². The van der Waals surface area contributed by atoms with Crippen LogP contribution < -0.4 is 10.2 Å². The van der Waals surface area contributed by atoms with Crippen LogP contribution in [-0.4, -0.2) is 32.3 Å². The summed E-state index contributed by atoms with van der Waals surface area (Å²) in [5, 5.41) is 3.60. The van der Waals surface area contributed by atoms with Gasteiger partial charge in [-0.1, -0.05) is 31.9 Å². The van der Waals surface area contributed by atoms with Crippen LogP contribution in [0.4, 0.5) is 5.69 Å². The molecular weight excluding hydrogens is 248 g/mol. The monoisotopic (exact) mass is 276 g/mol. The van der Waals surface area contributed by atoms with Gasteiger partial charge in [0, 0.05) is 31.4 Å². The molecule has 0 aliphatic carbocycles. The van der Waals surface area contributed by atoms with Crippen molar-refractivity contribution in [2.75, 3.05) is 31.2 Å². The van der Waals surface area contributed by atoms with Crippen molar-refractivity contribution < 1.29 is 4.74 Å². The van der Waals surface area contributed by atoms with Gasteiger partial charge in [-0.25, -0.2) is 0 Å². The van der Waals surface area contributed by atoms with E-state index in [9.17, 15) is 0 Å². The molecular formula is C17H28N2O. The quantitative estimate of drug-likeness (QED) is 0.828. The highest BCUT2D eigenvalue weighted by Crippen LogP contribution is 2.16. The first kappa shape index (κ1) is 15.3. The number of morpholine rings is 1. The second-order valence-electron chi connectivity index (χ2n) is 5.69. The molecule has 0 amide bonds. The van der Waals surface area contributed by atoms with Crippen molar-refractivity contribution in [3.63, 3.8) is 0 Å². The fourth-order valence-corrected chi connectivity index (χ4v) is 2.55. The Morgan fingerprint density at radius 3 is 2.55 bits per heavy atom. The van der Waals surface area contributed by atoms with Gasteiger partial charge in [0.05, 0.1) is 13.2 Å². The first-order chi connectivity index (χ1) is 9.79. The van der Waals surface area contributed by atoms with Crippen molar-refractivity contribution >= 4 is 5.69 Å². The number of nitrogens with zero attached hydrogens (tertiary/aromatic N) is 1. The van der Waals surface area contributed by atoms with Gasteiger partial charge in [0.2, 0.25) is 0 Å². The summed E-state index contributed by atoms with van der Waals surface area (Å²) in [6.07, 6.45) is 3.85. The van der Waals surface area contributed by atoms with Crippen LogP contribution in [0.15, 0.2) is 24.3 Å². The van der Waals surface area contributed by atoms with Gasteiger partial charge in [-0.15, -0.1) is 0 Å². The Morgan fingerprint density at radius 2 is 1.90 bits per heavy atom. The highest BCUT2D eigenvalue weighted by atomic mass is 16.5. The molecule has 2 rings (SSSR count). The van der Waals surface area contributed by atoms with Crippen LogP contribution in [0.2, 0.25) is 0 Å². The fourth-order valence-electron chi connectivity index (χ4n) is 2.55. The van der Waals surface area contributed by atoms with E-state index in [0.29, 0.717) is 6.04 Å². The first-order valence-electron chi connectivity index (χ1n) is 7.94. The largest absolute Gasteiger partial charge is 0.378 e. The van der Waals surface area contributed by atoms with E-state index in [-0.39, 0.29) is 0 Å². The second kappa shape index (κ2) is 8.28. The summed E-state index contributed by atoms with van der Waals surface area (Å²) in [4.78, 5) is 2.39. The molecule has 1 aliphatic heterocycles. The summed E-state index contributed by atoms with van der Waals surface area (Å²) < 4.78 is 5.39. The van der Waals surface area contributed by atoms with E-state index in [0.717, 1.165) is 32.8 Å². The van der Waals surface area contributed by atoms with E-state index >= 15 is 0 Å². The third kappa shape index (κ3) is 4.80. The summed E-state index contributed by atoms with van der Waals surface area (Å²) >= 11 is 0. The topological polar surface area (TPSA) is 24.5 Å². The molecule has 0 saturated carbocycles. The molecule has 1 saturated heterocycles. The minimum Gasteiger partial charge on any atom is -0.378 e. The zero-order valence-electron chi connectivity index (χ0n) is 12.9. The summed E-state index contributed by atoms with van der Waals surface area (Å²) in [5.41, 5.74) is 2.68. The maximum Gasteiger partial charge on any atom is 0.0642 e. The van der Waals surface area contributed by atoms with Crippen LogP contribution in [0.1, 0.15) is 38.7 Å². The Labute approximate surface area is 123 Å². The standard InChI is InChI=1S/C17H28N2O/c1-3-4-5-15(2)18-14-16-6-8-17(9-7-16)19-10-12-20-13-11-19/h6-9,15,18H,3-5,10-14H2,1-2H3. The molecule has 1 atom stereocenters. The van der Waals surface area contributed by atoms with Crippen molar-refractivity contribution in [2.24, 2.45) is 0 Å². The SMILES string of the molecule is CCCCC(C)NCc1ccc(N2CCOCC2)cc1. The number of rotatable bonds is 7. The first-order valence-corrected chi connectivity index (χ1v) is 7.94. The van der Waals surface area contributed by atoms with Crippen LogP contribution in [0.5, 0.6) is 0 Å². The Bertz CT molecular complexity index is 371. The Kier molecular flexibility index (Phi) is 6.34. The van der Waals surface area contributed by atoms with Gasteiger partial charge in [-0.3, -0.25) is 0 Å². The van der Waals surface area contributed by atoms with Crippen LogP contribution >= 0.6 is 0 Å². The average Bonchev–Trinajstić information content (AvgIpc) is 2.52. The molecule has 0 radical (unpaired) electrons. The average molecular weight is 276 g/mol. The smallest absolute Gasteiger partial charge is 0.0642 e. The van der Waals surface area contributed by atoms with Crippen LogP contribution in [0.3, 0.4) is 0 Å². The lowest BCUT2D eigenvalue weighted by Gasteiger charge is -2.29. The molecule has 112 valence electrons. The van der Waals surface area contributed by atoms with Crippen LogP contribution in [0, 0.1) is 0 Å². The number of benzene rings is 1. The molecule has 3 heteroatoms. The van der Waals surface area contributed by atoms with Gasteiger partial charge >= 0.3 is 0 Å². The van der Waals surface area contributed by atoms with Gasteiger partial charge in [0.25, 0.3) is 0 Å². The number of hydrogen-bond acceptors (Lipinski definition) is 3. The lowest BCUT2D eigenvalue weighted by Crippen LogP contribution is -2.36. The molecule has 1 fully saturated rings. The number of hydrogen-bond donors (Lipinski definition) is 1. The van der Waals surface area contributed by atoms with Crippen LogP contribution in [-0.2, 0) is 11.3 Å². The molecule has 0 bridgehead atoms. The molecule has 0 aromatic heterocycles. The molecule has 20 heavy (non-hydrogen) atoms. The molecule has 1 heterocycles. The highest BCUT2D eigenvalue weighted by molar-refractivity contribution is 5.47. The lowest BCUT2D eigenvalue weighted by molar-refractivity contribution is 0.122. The van der Waals surface area contributed by atoms with Gasteiger partial charge < -0.3 is 15.0 Å². The Hall–Kier alpha value is -1.06. The van der Waals surface area contributed by atoms with Crippen molar-refractivity contribution in [1.82, 2.24) is 5.32 Å². The predicted octanol–water partition coefficient (Wildman–Crippen LogP) is 3.19. The molecule has 1 N–H and O–H groups in total. The summed E-state index contributed by atoms with van der Waals surface area (Å²) in [6.45, 7) is 9.19. The van der Waals surface area contributed by atoms with Gasteiger partial charge in [0.15, 0.2) is 0 Å². The van der Waals surface area contributed by atoms with Crippen molar-refractivity contribution in [2.45, 2.75) is 45.7 Å². The molecule has 3 nitrogen and oxygen atoms in total. The number of unbranched alkanes of at least 4 members (excludes halogenated alkanes) is 1. The molecule has 0 spiro atoms. The molecule has 1 aromatic carbocycles. The second-order valence-corrected chi connectivity index (χ2v) is 5.69. The van der Waals surface area contributed by atoms with E-state index in [2.05, 4.69) is 48.3 Å². The summed E-state index contributed by atoms with van der Waals surface area (Å²) in [6, 6.07) is 9.56. The zero-order valence-corrected chi connectivity index (χ0v) is 12.9. The normalized spacial score (nSPS) is 17.2. The minimum atomic E-state index is 0.605. The van der Waals surface area contributed by atoms with Gasteiger partial charge in [-0.05, 0) is 31.0 Å². The Morgan fingerprint density at radius 1 is 1.20 bits per heavy atom. The van der Waals surface area contributed by atoms with Crippen LogP contribution in [0.25, 0.3) is 0 Å². The highest BCUT2D eigenvalue weighted by Gasteiger charge is 2.10. The molecule has 1 unspecified atom stereocenters. The summed E-state index contributed by atoms with van der Waals surface area (Å²) in [5.74, 6) is 0. The van der Waals surface area contributed by atoms with Crippen molar-refractivity contribution in [3.8, 4) is 0 Å². The third-order valence-corrected chi connectivity index (χ3v) is 3.96. The lowest BCUT2D eigenvalue weighted by atomic mass is 10.1. The van der Waals surface area contributed by atoms with Gasteiger partial charge in [0.1, 0.15) is 0 Å². The van der Waals surface area contributed by atoms with E-state index in [1.807, 2.05) is 0 Å². The fraction of sp³-hybridized carbons (Fsp3) is 0.647. The van der Waals surface area contributed by atoms with E-state index in [1.165, 1.54) is 30.5 Å². The number of nitrogens with one attached hydrogen (secondary N) is 1. The number of anilines is 1. The van der Waals surface area contributed by atoms with E-state index in [1.54, 1.807) is 0 Å². The van der Waals surface area contributed by atoms with Gasteiger partial charge in [-0.2, -0.15) is 0 Å². The molecule has 1 aliphatic rings. The predicted molar refractivity (Wildman–Crippen MR) is 85.3 cm³/mol. The van der Waals surface area contributed by atoms with Crippen molar-refractivity contribution in [3.05, 3.63) is 29.8 Å². The Balaban J connectivity index is 1.79. The minimum absolute atomic E-state index is 0.605. The summed E-state index contributed by atoms with van der Waals surface area (Å²) in [7, 11) is 0.